The van der Waals surface area contributed by atoms with E-state index >= 15 is 0 Å². The molecule has 4 nitrogen and oxygen atoms in total. The molecule has 0 radical (unpaired) electrons. The van der Waals surface area contributed by atoms with Crippen molar-refractivity contribution in [1.29, 1.82) is 0 Å². The number of amides is 1. The molecular weight excluding hydrogens is 264 g/mol. The number of carbonyl (C=O) groups excluding carboxylic acids is 1. The summed E-state index contributed by atoms with van der Waals surface area (Å²) in [7, 11) is 1.68. The summed E-state index contributed by atoms with van der Waals surface area (Å²) in [5.74, 6) is 0.434. The van der Waals surface area contributed by atoms with Crippen LogP contribution in [0.2, 0.25) is 0 Å². The van der Waals surface area contributed by atoms with Gasteiger partial charge in [-0.05, 0) is 31.4 Å². The third kappa shape index (κ3) is 5.14. The fraction of sp³-hybridized carbons (Fsp3) is 0.588. The number of hydrogen-bond donors (Lipinski definition) is 1. The van der Waals surface area contributed by atoms with Gasteiger partial charge in [0, 0.05) is 26.7 Å². The number of hydrogen-bond acceptors (Lipinski definition) is 3. The van der Waals surface area contributed by atoms with Crippen molar-refractivity contribution in [2.75, 3.05) is 39.9 Å². The SMILES string of the molecule is COCCN(CCCc1ccccc1)C(=O)C1CCNC1. The van der Waals surface area contributed by atoms with E-state index in [1.807, 2.05) is 11.0 Å². The Hall–Kier alpha value is -1.39. The van der Waals surface area contributed by atoms with Gasteiger partial charge in [-0.3, -0.25) is 4.79 Å². The number of methoxy groups -OCH3 is 1. The van der Waals surface area contributed by atoms with E-state index < -0.39 is 0 Å². The van der Waals surface area contributed by atoms with Gasteiger partial charge in [-0.2, -0.15) is 0 Å². The van der Waals surface area contributed by atoms with E-state index in [9.17, 15) is 4.79 Å². The second-order valence-electron chi connectivity index (χ2n) is 5.60. The summed E-state index contributed by atoms with van der Waals surface area (Å²) >= 11 is 0. The number of carbonyl (C=O) groups is 1. The number of nitrogens with one attached hydrogen (secondary N) is 1. The molecule has 1 saturated heterocycles. The van der Waals surface area contributed by atoms with Crippen LogP contribution in [0.15, 0.2) is 30.3 Å². The first-order chi connectivity index (χ1) is 10.3. The Morgan fingerprint density at radius 2 is 2.14 bits per heavy atom. The molecule has 0 spiro atoms. The topological polar surface area (TPSA) is 41.6 Å². The quantitative estimate of drug-likeness (QED) is 0.792. The van der Waals surface area contributed by atoms with Crippen LogP contribution in [0.25, 0.3) is 0 Å². The van der Waals surface area contributed by atoms with E-state index in [2.05, 4.69) is 29.6 Å². The summed E-state index contributed by atoms with van der Waals surface area (Å²) in [6.45, 7) is 3.89. The van der Waals surface area contributed by atoms with Crippen molar-refractivity contribution in [2.24, 2.45) is 5.92 Å². The predicted octanol–water partition coefficient (Wildman–Crippen LogP) is 1.70. The summed E-state index contributed by atoms with van der Waals surface area (Å²) in [5.41, 5.74) is 1.33. The van der Waals surface area contributed by atoms with Crippen LogP contribution in [-0.4, -0.2) is 50.7 Å². The Bertz CT molecular complexity index is 416. The highest BCUT2D eigenvalue weighted by molar-refractivity contribution is 5.79. The van der Waals surface area contributed by atoms with Crippen LogP contribution in [0.1, 0.15) is 18.4 Å². The first kappa shape index (κ1) is 16.0. The zero-order valence-electron chi connectivity index (χ0n) is 12.9. The molecule has 0 aliphatic carbocycles. The van der Waals surface area contributed by atoms with Gasteiger partial charge in [0.05, 0.1) is 12.5 Å². The van der Waals surface area contributed by atoms with Gasteiger partial charge in [0.25, 0.3) is 0 Å². The number of aryl methyl sites for hydroxylation is 1. The third-order valence-corrected chi connectivity index (χ3v) is 4.02. The summed E-state index contributed by atoms with van der Waals surface area (Å²) in [5, 5.41) is 3.27. The molecule has 1 aromatic carbocycles. The minimum absolute atomic E-state index is 0.151. The molecule has 21 heavy (non-hydrogen) atoms. The molecule has 0 bridgehead atoms. The first-order valence-electron chi connectivity index (χ1n) is 7.83. The van der Waals surface area contributed by atoms with Gasteiger partial charge in [0.1, 0.15) is 0 Å². The summed E-state index contributed by atoms with van der Waals surface area (Å²) < 4.78 is 5.14. The minimum Gasteiger partial charge on any atom is -0.383 e. The Labute approximate surface area is 127 Å². The highest BCUT2D eigenvalue weighted by Crippen LogP contribution is 2.13. The van der Waals surface area contributed by atoms with Crippen LogP contribution in [0.3, 0.4) is 0 Å². The lowest BCUT2D eigenvalue weighted by molar-refractivity contribution is -0.135. The fourth-order valence-electron chi connectivity index (χ4n) is 2.78. The molecule has 116 valence electrons. The van der Waals surface area contributed by atoms with Gasteiger partial charge in [-0.1, -0.05) is 30.3 Å². The van der Waals surface area contributed by atoms with E-state index in [4.69, 9.17) is 4.74 Å². The Morgan fingerprint density at radius 1 is 1.33 bits per heavy atom. The monoisotopic (exact) mass is 290 g/mol. The minimum atomic E-state index is 0.151. The fourth-order valence-corrected chi connectivity index (χ4v) is 2.78. The van der Waals surface area contributed by atoms with Gasteiger partial charge < -0.3 is 15.0 Å². The van der Waals surface area contributed by atoms with Crippen LogP contribution < -0.4 is 5.32 Å². The van der Waals surface area contributed by atoms with Crippen LogP contribution in [-0.2, 0) is 16.0 Å². The lowest BCUT2D eigenvalue weighted by Crippen LogP contribution is -2.39. The van der Waals surface area contributed by atoms with Crippen molar-refractivity contribution in [2.45, 2.75) is 19.3 Å². The lowest BCUT2D eigenvalue weighted by atomic mass is 10.1. The van der Waals surface area contributed by atoms with Gasteiger partial charge in [0.15, 0.2) is 0 Å². The average Bonchev–Trinajstić information content (AvgIpc) is 3.05. The summed E-state index contributed by atoms with van der Waals surface area (Å²) in [6.07, 6.45) is 2.97. The van der Waals surface area contributed by atoms with E-state index in [1.54, 1.807) is 7.11 Å². The van der Waals surface area contributed by atoms with E-state index in [-0.39, 0.29) is 11.8 Å². The summed E-state index contributed by atoms with van der Waals surface area (Å²) in [6, 6.07) is 10.4. The molecule has 1 heterocycles. The van der Waals surface area contributed by atoms with Crippen molar-refractivity contribution >= 4 is 5.91 Å². The highest BCUT2D eigenvalue weighted by Gasteiger charge is 2.26. The predicted molar refractivity (Wildman–Crippen MR) is 84.2 cm³/mol. The van der Waals surface area contributed by atoms with E-state index in [1.165, 1.54) is 5.56 Å². The molecule has 0 saturated carbocycles. The number of nitrogens with zero attached hydrogens (tertiary/aromatic N) is 1. The molecule has 1 aliphatic heterocycles. The molecule has 1 unspecified atom stereocenters. The molecule has 1 aromatic rings. The maximum absolute atomic E-state index is 12.5. The zero-order chi connectivity index (χ0) is 14.9. The van der Waals surface area contributed by atoms with Crippen LogP contribution in [0.4, 0.5) is 0 Å². The van der Waals surface area contributed by atoms with Crippen molar-refractivity contribution in [3.63, 3.8) is 0 Å². The van der Waals surface area contributed by atoms with Crippen molar-refractivity contribution in [3.05, 3.63) is 35.9 Å². The van der Waals surface area contributed by atoms with Gasteiger partial charge in [-0.25, -0.2) is 0 Å². The molecule has 0 aromatic heterocycles. The molecule has 1 N–H and O–H groups in total. The molecule has 4 heteroatoms. The standard InChI is InChI=1S/C17H26N2O2/c1-21-13-12-19(17(20)16-9-10-18-14-16)11-5-8-15-6-3-2-4-7-15/h2-4,6-7,16,18H,5,8-14H2,1H3. The van der Waals surface area contributed by atoms with Gasteiger partial charge in [0.2, 0.25) is 5.91 Å². The molecule has 1 atom stereocenters. The largest absolute Gasteiger partial charge is 0.383 e. The van der Waals surface area contributed by atoms with E-state index in [0.717, 1.165) is 38.9 Å². The van der Waals surface area contributed by atoms with Crippen LogP contribution >= 0.6 is 0 Å². The molecule has 1 amide bonds. The number of ether oxygens (including phenoxy) is 1. The number of rotatable bonds is 8. The number of benzene rings is 1. The second-order valence-corrected chi connectivity index (χ2v) is 5.60. The Kier molecular flexibility index (Phi) is 6.70. The highest BCUT2D eigenvalue weighted by atomic mass is 16.5. The Morgan fingerprint density at radius 3 is 2.81 bits per heavy atom. The zero-order valence-corrected chi connectivity index (χ0v) is 12.9. The van der Waals surface area contributed by atoms with Gasteiger partial charge in [-0.15, -0.1) is 0 Å². The molecule has 1 fully saturated rings. The maximum Gasteiger partial charge on any atom is 0.227 e. The third-order valence-electron chi connectivity index (χ3n) is 4.02. The van der Waals surface area contributed by atoms with E-state index in [0.29, 0.717) is 13.2 Å². The lowest BCUT2D eigenvalue weighted by Gasteiger charge is -2.25. The Balaban J connectivity index is 1.82. The summed E-state index contributed by atoms with van der Waals surface area (Å²) in [4.78, 5) is 14.5. The molecule has 2 rings (SSSR count). The second kappa shape index (κ2) is 8.80. The average molecular weight is 290 g/mol. The van der Waals surface area contributed by atoms with Crippen LogP contribution in [0, 0.1) is 5.92 Å². The van der Waals surface area contributed by atoms with Crippen molar-refractivity contribution in [3.8, 4) is 0 Å². The van der Waals surface area contributed by atoms with Crippen molar-refractivity contribution < 1.29 is 9.53 Å². The van der Waals surface area contributed by atoms with Crippen LogP contribution in [0.5, 0.6) is 0 Å². The normalized spacial score (nSPS) is 17.9. The molecule has 1 aliphatic rings. The van der Waals surface area contributed by atoms with Crippen molar-refractivity contribution in [1.82, 2.24) is 10.2 Å². The first-order valence-corrected chi connectivity index (χ1v) is 7.83. The maximum atomic E-state index is 12.5. The van der Waals surface area contributed by atoms with Gasteiger partial charge >= 0.3 is 0 Å². The smallest absolute Gasteiger partial charge is 0.227 e. The molecular formula is C17H26N2O2.